The highest BCUT2D eigenvalue weighted by Gasteiger charge is 2.27. The normalized spacial score (nSPS) is 11.7. The summed E-state index contributed by atoms with van der Waals surface area (Å²) in [5.74, 6) is 80.1. The average molecular weight is 1840 g/mol. The van der Waals surface area contributed by atoms with Crippen molar-refractivity contribution in [1.82, 2.24) is 24.5 Å². The van der Waals surface area contributed by atoms with Gasteiger partial charge in [0.25, 0.3) is 59.1 Å². The Morgan fingerprint density at radius 2 is 0.382 bits per heavy atom. The van der Waals surface area contributed by atoms with Gasteiger partial charge in [-0.1, -0.05) is 144 Å². The van der Waals surface area contributed by atoms with Crippen LogP contribution in [0.1, 0.15) is 259 Å². The van der Waals surface area contributed by atoms with Gasteiger partial charge in [-0.15, -0.1) is 0 Å². The van der Waals surface area contributed by atoms with Crippen LogP contribution in [0.15, 0.2) is 60.8 Å². The van der Waals surface area contributed by atoms with Gasteiger partial charge in [-0.2, -0.15) is 0 Å². The second kappa shape index (κ2) is 78.7. The molecular formula is C111H113N5O20. The van der Waals surface area contributed by atoms with Gasteiger partial charge in [0.2, 0.25) is 0 Å². The minimum Gasteiger partial charge on any atom is -0.466 e. The van der Waals surface area contributed by atoms with Crippen LogP contribution in [0, 0.1) is 225 Å². The fourth-order valence-electron chi connectivity index (χ4n) is 12.0. The third-order valence-corrected chi connectivity index (χ3v) is 19.2. The standard InChI is InChI=1S/C56H24N2O8.C28H49NO4.C26H36N2O8.CH4/c59-51-43-44-52(60)57(51)47-37-33-35-41-55(63)65-49-39-31-29-27-25-23-21-19-17-15-13-11-9-7-5-3-1-2-4-6-8-10-12-14-16-18-20-22-24-26-28-30-32-40-50-66-56(64)42-36-34-38-48-58-53(61)45-46-54(58)62;1-25(2)19-15-12-10-8-6-4-3-5-7-9-11-13-18-24-33-28(32)20-16-14-17-23-29-26(30)21-22-27(29)31;1-20(14-18-35-25(33)8-4-2-6-16-27-21(29)10-11-22(27)30)15-19-36-26(34)9-5-3-7-17-28-23(31)12-13-24(28)32;/h43-46H,33-38,41-42,47-48H2;21-22,25H,3-20,23-24H2,1-2H3;10-13,20H,2-9,14-19H2,1H3;1H4. The summed E-state index contributed by atoms with van der Waals surface area (Å²) in [7, 11) is 0. The van der Waals surface area contributed by atoms with E-state index in [2.05, 4.69) is 227 Å². The number of unbranched alkanes of at least 4 members (excludes halogenated alkanes) is 22. The van der Waals surface area contributed by atoms with E-state index in [1.807, 2.05) is 6.92 Å². The van der Waals surface area contributed by atoms with Crippen molar-refractivity contribution in [3.63, 3.8) is 0 Å². The number of amides is 10. The molecule has 0 bridgehead atoms. The largest absolute Gasteiger partial charge is 0.466 e. The molecule has 5 aliphatic rings. The van der Waals surface area contributed by atoms with E-state index >= 15 is 0 Å². The van der Waals surface area contributed by atoms with Crippen LogP contribution in [0.4, 0.5) is 0 Å². The van der Waals surface area contributed by atoms with Gasteiger partial charge in [0.15, 0.2) is 0 Å². The Balaban J connectivity index is 0.000000752. The van der Waals surface area contributed by atoms with Crippen molar-refractivity contribution in [2.75, 3.05) is 52.5 Å². The summed E-state index contributed by atoms with van der Waals surface area (Å²) in [6.07, 6.45) is 48.0. The molecule has 0 saturated carbocycles. The van der Waals surface area contributed by atoms with Gasteiger partial charge < -0.3 is 23.7 Å². The van der Waals surface area contributed by atoms with Gasteiger partial charge in [0, 0.05) is 327 Å². The quantitative estimate of drug-likeness (QED) is 0.0179. The second-order valence-electron chi connectivity index (χ2n) is 30.4. The molecule has 0 saturated heterocycles. The van der Waals surface area contributed by atoms with Crippen LogP contribution in [0.2, 0.25) is 0 Å². The van der Waals surface area contributed by atoms with Gasteiger partial charge in [-0.05, 0) is 95.3 Å². The molecule has 0 aromatic rings. The average Bonchev–Trinajstić information content (AvgIpc) is 1.77. The second-order valence-corrected chi connectivity index (χ2v) is 30.4. The lowest BCUT2D eigenvalue weighted by molar-refractivity contribution is -0.145. The first-order valence-electron chi connectivity index (χ1n) is 45.2. The molecule has 5 aliphatic heterocycles. The topological polar surface area (TPSA) is 318 Å². The number of ether oxygens (including phenoxy) is 5. The van der Waals surface area contributed by atoms with E-state index < -0.39 is 11.9 Å². The molecule has 5 heterocycles. The van der Waals surface area contributed by atoms with Crippen molar-refractivity contribution >= 4 is 88.9 Å². The lowest BCUT2D eigenvalue weighted by atomic mass is 10.0. The minimum absolute atomic E-state index is 0. The SMILES string of the molecule is C.CC(C)CCCCCCCCCCCCCCCOC(=O)CCCCCN1C(=O)C=CC1=O.CC(CCOC(=O)CCCCCN1C(=O)C=CC1=O)CCOC(=O)CCCCCN1C(=O)C=CC1=O.O=C(CCCCCN1C(=O)C=CC1=O)OC#CC#CC#CC#CC#CC#CC#CC#CC#CC#CC#CC#CC#CC#CC#CC#CC#CC#COC(=O)CCCCCN1C(=O)C=CC1=O. The van der Waals surface area contributed by atoms with Crippen LogP contribution in [0.5, 0.6) is 0 Å². The Kier molecular flexibility index (Phi) is 67.0. The molecule has 0 spiro atoms. The maximum absolute atomic E-state index is 11.8. The summed E-state index contributed by atoms with van der Waals surface area (Å²) in [5, 5.41) is 0. The first kappa shape index (κ1) is 116. The Hall–Kier alpha value is -16.2. The minimum atomic E-state index is -0.506. The molecule has 0 aromatic heterocycles. The van der Waals surface area contributed by atoms with Gasteiger partial charge >= 0.3 is 29.8 Å². The number of carbonyl (C=O) groups excluding carboxylic acids is 15. The third-order valence-electron chi connectivity index (χ3n) is 19.2. The molecule has 0 aromatic carbocycles. The number of esters is 5. The Bertz CT molecular complexity index is 5240. The van der Waals surface area contributed by atoms with Crippen LogP contribution >= 0.6 is 0 Å². The van der Waals surface area contributed by atoms with E-state index in [0.29, 0.717) is 149 Å². The molecule has 25 heteroatoms. The highest BCUT2D eigenvalue weighted by Crippen LogP contribution is 2.18. The highest BCUT2D eigenvalue weighted by atomic mass is 16.5. The monoisotopic (exact) mass is 1840 g/mol. The van der Waals surface area contributed by atoms with Crippen molar-refractivity contribution in [1.29, 1.82) is 0 Å². The Morgan fingerprint density at radius 1 is 0.213 bits per heavy atom. The lowest BCUT2D eigenvalue weighted by Crippen LogP contribution is -2.30. The van der Waals surface area contributed by atoms with Gasteiger partial charge in [-0.25, -0.2) is 0 Å². The summed E-state index contributed by atoms with van der Waals surface area (Å²) in [6, 6.07) is 0. The van der Waals surface area contributed by atoms with E-state index in [9.17, 15) is 71.9 Å². The van der Waals surface area contributed by atoms with Gasteiger partial charge in [0.05, 0.1) is 19.8 Å². The van der Waals surface area contributed by atoms with E-state index in [-0.39, 0.29) is 103 Å². The summed E-state index contributed by atoms with van der Waals surface area (Å²) >= 11 is 0. The molecule has 10 amide bonds. The number of nitrogens with zero attached hydrogens (tertiary/aromatic N) is 5. The molecule has 25 nitrogen and oxygen atoms in total. The first-order valence-corrected chi connectivity index (χ1v) is 45.2. The number of carbonyl (C=O) groups is 15. The number of hydrogen-bond donors (Lipinski definition) is 0. The smallest absolute Gasteiger partial charge is 0.319 e. The van der Waals surface area contributed by atoms with E-state index in [1.54, 1.807) is 0 Å². The van der Waals surface area contributed by atoms with Crippen molar-refractivity contribution in [3.05, 3.63) is 60.8 Å². The number of rotatable bonds is 52. The summed E-state index contributed by atoms with van der Waals surface area (Å²) in [4.78, 5) is 179. The maximum Gasteiger partial charge on any atom is 0.319 e. The lowest BCUT2D eigenvalue weighted by Gasteiger charge is -2.13. The molecule has 0 fully saturated rings. The molecule has 136 heavy (non-hydrogen) atoms. The van der Waals surface area contributed by atoms with Crippen molar-refractivity contribution in [3.8, 4) is 214 Å². The van der Waals surface area contributed by atoms with Gasteiger partial charge in [0.1, 0.15) is 12.2 Å². The van der Waals surface area contributed by atoms with Crippen LogP contribution in [-0.2, 0) is 95.6 Å². The zero-order valence-corrected chi connectivity index (χ0v) is 76.9. The fourth-order valence-corrected chi connectivity index (χ4v) is 12.0. The highest BCUT2D eigenvalue weighted by molar-refractivity contribution is 6.15. The number of imide groups is 5. The van der Waals surface area contributed by atoms with Gasteiger partial charge in [-0.3, -0.25) is 96.4 Å². The van der Waals surface area contributed by atoms with Crippen LogP contribution in [0.3, 0.4) is 0 Å². The molecule has 0 unspecified atom stereocenters. The molecule has 0 aliphatic carbocycles. The fraction of sp³-hybridized carbons (Fsp3) is 0.450. The van der Waals surface area contributed by atoms with Crippen LogP contribution in [-0.4, -0.2) is 166 Å². The Labute approximate surface area is 802 Å². The predicted molar refractivity (Wildman–Crippen MR) is 511 cm³/mol. The van der Waals surface area contributed by atoms with Crippen LogP contribution < -0.4 is 0 Å². The zero-order chi connectivity index (χ0) is 97.9. The molecule has 0 N–H and O–H groups in total. The first-order chi connectivity index (χ1) is 65.7. The van der Waals surface area contributed by atoms with Crippen molar-refractivity contribution < 1.29 is 95.6 Å². The molecule has 702 valence electrons. The summed E-state index contributed by atoms with van der Waals surface area (Å²) < 4.78 is 25.3. The van der Waals surface area contributed by atoms with Crippen molar-refractivity contribution in [2.45, 2.75) is 259 Å². The molecule has 5 rings (SSSR count). The third kappa shape index (κ3) is 62.2. The van der Waals surface area contributed by atoms with E-state index in [4.69, 9.17) is 23.7 Å². The van der Waals surface area contributed by atoms with Crippen molar-refractivity contribution in [2.24, 2.45) is 11.8 Å². The molecule has 0 atom stereocenters. The molecule has 0 radical (unpaired) electrons. The summed E-state index contributed by atoms with van der Waals surface area (Å²) in [5.41, 5.74) is 0. The summed E-state index contributed by atoms with van der Waals surface area (Å²) in [6.45, 7) is 9.56. The number of hydrogen-bond acceptors (Lipinski definition) is 20. The predicted octanol–water partition coefficient (Wildman–Crippen LogP) is 11.2. The van der Waals surface area contributed by atoms with Crippen LogP contribution in [0.25, 0.3) is 0 Å². The van der Waals surface area contributed by atoms with E-state index in [1.165, 1.54) is 153 Å². The zero-order valence-electron chi connectivity index (χ0n) is 76.9. The van der Waals surface area contributed by atoms with E-state index in [0.717, 1.165) is 60.7 Å². The molecular weight excluding hydrogens is 1720 g/mol. The Morgan fingerprint density at radius 3 is 0.588 bits per heavy atom. The maximum atomic E-state index is 11.8.